The highest BCUT2D eigenvalue weighted by Gasteiger charge is 2.24. The third-order valence-electron chi connectivity index (χ3n) is 3.22. The fourth-order valence-corrected chi connectivity index (χ4v) is 2.29. The molecule has 0 bridgehead atoms. The van der Waals surface area contributed by atoms with Gasteiger partial charge in [-0.3, -0.25) is 0 Å². The van der Waals surface area contributed by atoms with Crippen LogP contribution in [0, 0.1) is 0 Å². The second-order valence-electron chi connectivity index (χ2n) is 4.81. The number of ether oxygens (including phenoxy) is 2. The minimum Gasteiger partial charge on any atom is -0.493 e. The number of carbonyl (C=O) groups excluding carboxylic acids is 1. The molecule has 2 aromatic rings. The summed E-state index contributed by atoms with van der Waals surface area (Å²) in [6.45, 7) is 2.45. The van der Waals surface area contributed by atoms with Crippen molar-refractivity contribution in [3.8, 4) is 5.75 Å². The third kappa shape index (κ3) is 3.43. The number of hydrogen-bond donors (Lipinski definition) is 0. The maximum Gasteiger partial charge on any atom is 0.363 e. The Labute approximate surface area is 139 Å². The molecule has 0 N–H and O–H groups in total. The van der Waals surface area contributed by atoms with Crippen LogP contribution in [0.1, 0.15) is 18.1 Å². The minimum absolute atomic E-state index is 0.238. The zero-order chi connectivity index (χ0) is 16.2. The summed E-state index contributed by atoms with van der Waals surface area (Å²) in [4.78, 5) is 16.3. The summed E-state index contributed by atoms with van der Waals surface area (Å²) >= 11 is 5.86. The maximum atomic E-state index is 12.0. The Kier molecular flexibility index (Phi) is 4.44. The molecule has 0 atom stereocenters. The lowest BCUT2D eigenvalue weighted by atomic mass is 10.1. The van der Waals surface area contributed by atoms with Gasteiger partial charge in [-0.05, 0) is 43.3 Å². The standard InChI is InChI=1S/C18H14ClNO3/c1-2-22-16-6-4-3-5-13(16)11-15-18(21)23-17(20-15)12-7-9-14(19)10-8-12/h3-11H,2H2,1H3. The predicted octanol–water partition coefficient (Wildman–Crippen LogP) is 4.08. The van der Waals surface area contributed by atoms with Gasteiger partial charge in [-0.15, -0.1) is 0 Å². The first kappa shape index (κ1) is 15.3. The lowest BCUT2D eigenvalue weighted by molar-refractivity contribution is -0.129. The van der Waals surface area contributed by atoms with Crippen LogP contribution in [0.25, 0.3) is 6.08 Å². The molecule has 1 aliphatic rings. The van der Waals surface area contributed by atoms with E-state index in [1.165, 1.54) is 0 Å². The number of para-hydroxylation sites is 1. The first-order valence-corrected chi connectivity index (χ1v) is 7.55. The highest BCUT2D eigenvalue weighted by atomic mass is 35.5. The van der Waals surface area contributed by atoms with E-state index in [1.807, 2.05) is 31.2 Å². The fourth-order valence-electron chi connectivity index (χ4n) is 2.16. The Morgan fingerprint density at radius 2 is 1.91 bits per heavy atom. The predicted molar refractivity (Wildman–Crippen MR) is 89.7 cm³/mol. The molecule has 2 aromatic carbocycles. The molecule has 0 saturated heterocycles. The van der Waals surface area contributed by atoms with Crippen molar-refractivity contribution < 1.29 is 14.3 Å². The third-order valence-corrected chi connectivity index (χ3v) is 3.47. The molecule has 0 spiro atoms. The number of cyclic esters (lactones) is 1. The van der Waals surface area contributed by atoms with Crippen LogP contribution in [0.15, 0.2) is 59.2 Å². The summed E-state index contributed by atoms with van der Waals surface area (Å²) in [5.74, 6) is 0.485. The monoisotopic (exact) mass is 327 g/mol. The van der Waals surface area contributed by atoms with Gasteiger partial charge in [0.15, 0.2) is 5.70 Å². The van der Waals surface area contributed by atoms with Crippen molar-refractivity contribution in [3.63, 3.8) is 0 Å². The smallest absolute Gasteiger partial charge is 0.363 e. The van der Waals surface area contributed by atoms with Crippen LogP contribution in [0.2, 0.25) is 5.02 Å². The van der Waals surface area contributed by atoms with Crippen LogP contribution in [-0.4, -0.2) is 18.5 Å². The summed E-state index contributed by atoms with van der Waals surface area (Å²) in [6.07, 6.45) is 1.66. The number of benzene rings is 2. The number of carbonyl (C=O) groups is 1. The molecule has 0 unspecified atom stereocenters. The Bertz CT molecular complexity index is 794. The number of hydrogen-bond acceptors (Lipinski definition) is 4. The van der Waals surface area contributed by atoms with Crippen molar-refractivity contribution >= 4 is 29.5 Å². The first-order valence-electron chi connectivity index (χ1n) is 7.17. The highest BCUT2D eigenvalue weighted by Crippen LogP contribution is 2.25. The van der Waals surface area contributed by atoms with Crippen molar-refractivity contribution in [3.05, 3.63) is 70.4 Å². The zero-order valence-electron chi connectivity index (χ0n) is 12.5. The van der Waals surface area contributed by atoms with E-state index >= 15 is 0 Å². The van der Waals surface area contributed by atoms with Crippen molar-refractivity contribution in [2.45, 2.75) is 6.92 Å². The second-order valence-corrected chi connectivity index (χ2v) is 5.25. The van der Waals surface area contributed by atoms with E-state index in [0.29, 0.717) is 22.9 Å². The second kappa shape index (κ2) is 6.67. The average Bonchev–Trinajstić information content (AvgIpc) is 2.91. The van der Waals surface area contributed by atoms with Gasteiger partial charge in [0, 0.05) is 16.1 Å². The number of esters is 1. The summed E-state index contributed by atoms with van der Waals surface area (Å²) in [6, 6.07) is 14.4. The van der Waals surface area contributed by atoms with Crippen molar-refractivity contribution in [1.29, 1.82) is 0 Å². The summed E-state index contributed by atoms with van der Waals surface area (Å²) in [5.41, 5.74) is 1.72. The number of rotatable bonds is 4. The largest absolute Gasteiger partial charge is 0.493 e. The first-order chi connectivity index (χ1) is 11.2. The summed E-state index contributed by atoms with van der Waals surface area (Å²) in [7, 11) is 0. The van der Waals surface area contributed by atoms with Crippen molar-refractivity contribution in [2.75, 3.05) is 6.61 Å². The summed E-state index contributed by atoms with van der Waals surface area (Å²) < 4.78 is 10.8. The highest BCUT2D eigenvalue weighted by molar-refractivity contribution is 6.30. The maximum absolute atomic E-state index is 12.0. The van der Waals surface area contributed by atoms with E-state index < -0.39 is 5.97 Å². The molecule has 23 heavy (non-hydrogen) atoms. The van der Waals surface area contributed by atoms with E-state index in [9.17, 15) is 4.79 Å². The zero-order valence-corrected chi connectivity index (χ0v) is 13.2. The molecule has 0 fully saturated rings. The van der Waals surface area contributed by atoms with Crippen molar-refractivity contribution in [1.82, 2.24) is 0 Å². The van der Waals surface area contributed by atoms with E-state index in [0.717, 1.165) is 5.56 Å². The van der Waals surface area contributed by atoms with Crippen molar-refractivity contribution in [2.24, 2.45) is 4.99 Å². The van der Waals surface area contributed by atoms with Gasteiger partial charge < -0.3 is 9.47 Å². The minimum atomic E-state index is -0.485. The molecule has 0 saturated carbocycles. The van der Waals surface area contributed by atoms with E-state index in [2.05, 4.69) is 4.99 Å². The van der Waals surface area contributed by atoms with Gasteiger partial charge in [-0.1, -0.05) is 29.8 Å². The van der Waals surface area contributed by atoms with Crippen LogP contribution < -0.4 is 4.74 Å². The van der Waals surface area contributed by atoms with E-state index in [-0.39, 0.29) is 11.6 Å². The van der Waals surface area contributed by atoms with Gasteiger partial charge in [0.1, 0.15) is 5.75 Å². The molecular formula is C18H14ClNO3. The molecule has 3 rings (SSSR count). The van der Waals surface area contributed by atoms with Gasteiger partial charge in [-0.25, -0.2) is 9.79 Å². The van der Waals surface area contributed by atoms with Gasteiger partial charge in [0.25, 0.3) is 0 Å². The molecule has 0 aromatic heterocycles. The number of aliphatic imine (C=N–C) groups is 1. The molecule has 5 heteroatoms. The number of nitrogens with zero attached hydrogens (tertiary/aromatic N) is 1. The van der Waals surface area contributed by atoms with Gasteiger partial charge >= 0.3 is 5.97 Å². The molecule has 0 amide bonds. The quantitative estimate of drug-likeness (QED) is 0.628. The topological polar surface area (TPSA) is 47.9 Å². The Balaban J connectivity index is 1.94. The van der Waals surface area contributed by atoms with E-state index in [4.69, 9.17) is 21.1 Å². The lowest BCUT2D eigenvalue weighted by Gasteiger charge is -2.06. The van der Waals surface area contributed by atoms with Gasteiger partial charge in [0.2, 0.25) is 5.90 Å². The Hall–Kier alpha value is -2.59. The van der Waals surface area contributed by atoms with Crippen LogP contribution >= 0.6 is 11.6 Å². The lowest BCUT2D eigenvalue weighted by Crippen LogP contribution is -2.05. The van der Waals surface area contributed by atoms with Crippen LogP contribution in [-0.2, 0) is 9.53 Å². The molecule has 0 radical (unpaired) electrons. The van der Waals surface area contributed by atoms with Gasteiger partial charge in [0.05, 0.1) is 6.61 Å². The van der Waals surface area contributed by atoms with Crippen LogP contribution in [0.5, 0.6) is 5.75 Å². The summed E-state index contributed by atoms with van der Waals surface area (Å²) in [5, 5.41) is 0.611. The molecule has 4 nitrogen and oxygen atoms in total. The molecule has 116 valence electrons. The fraction of sp³-hybridized carbons (Fsp3) is 0.111. The molecule has 1 aliphatic heterocycles. The SMILES string of the molecule is CCOc1ccccc1C=C1N=C(c2ccc(Cl)cc2)OC1=O. The van der Waals surface area contributed by atoms with E-state index in [1.54, 1.807) is 30.3 Å². The van der Waals surface area contributed by atoms with Crippen LogP contribution in [0.3, 0.4) is 0 Å². The molecular weight excluding hydrogens is 314 g/mol. The average molecular weight is 328 g/mol. The Morgan fingerprint density at radius 3 is 2.65 bits per heavy atom. The molecule has 0 aliphatic carbocycles. The molecule has 1 heterocycles. The number of halogens is 1. The van der Waals surface area contributed by atoms with Crippen LogP contribution in [0.4, 0.5) is 0 Å². The normalized spacial score (nSPS) is 15.5. The van der Waals surface area contributed by atoms with Gasteiger partial charge in [-0.2, -0.15) is 0 Å². The Morgan fingerprint density at radius 1 is 1.17 bits per heavy atom.